The molecule has 23 heavy (non-hydrogen) atoms. The van der Waals surface area contributed by atoms with Crippen molar-refractivity contribution in [3.05, 3.63) is 53.9 Å². The van der Waals surface area contributed by atoms with Gasteiger partial charge < -0.3 is 4.90 Å². The van der Waals surface area contributed by atoms with Crippen LogP contribution in [-0.2, 0) is 6.54 Å². The molecule has 2 aromatic rings. The molecule has 0 bridgehead atoms. The van der Waals surface area contributed by atoms with E-state index in [4.69, 9.17) is 0 Å². The zero-order chi connectivity index (χ0) is 16.2. The van der Waals surface area contributed by atoms with E-state index in [1.54, 1.807) is 24.5 Å². The summed E-state index contributed by atoms with van der Waals surface area (Å²) in [6, 6.07) is 8.64. The Morgan fingerprint density at radius 1 is 1.39 bits per heavy atom. The van der Waals surface area contributed by atoms with E-state index in [-0.39, 0.29) is 5.82 Å². The SMILES string of the molecule is CN(Cc1ncccn1)[C@@H]1CCN(c2ccc(F)cc2C#N)C1. The molecule has 1 saturated heterocycles. The summed E-state index contributed by atoms with van der Waals surface area (Å²) in [5.41, 5.74) is 1.19. The standard InChI is InChI=1S/C17H18FN5/c1-22(12-17-20-6-2-7-21-17)15-5-8-23(11-15)16-4-3-14(18)9-13(16)10-19/h2-4,6-7,9,15H,5,8,11-12H2,1H3/t15-/m1/s1. The number of halogens is 1. The van der Waals surface area contributed by atoms with Crippen LogP contribution in [0, 0.1) is 17.1 Å². The van der Waals surface area contributed by atoms with Crippen LogP contribution in [0.3, 0.4) is 0 Å². The average Bonchev–Trinajstić information content (AvgIpc) is 3.05. The first-order chi connectivity index (χ1) is 11.2. The topological polar surface area (TPSA) is 56.1 Å². The van der Waals surface area contributed by atoms with E-state index in [2.05, 4.69) is 32.9 Å². The number of rotatable bonds is 4. The molecule has 0 amide bonds. The van der Waals surface area contributed by atoms with Gasteiger partial charge in [-0.25, -0.2) is 14.4 Å². The molecular weight excluding hydrogens is 293 g/mol. The second-order valence-corrected chi connectivity index (χ2v) is 5.74. The lowest BCUT2D eigenvalue weighted by atomic mass is 10.1. The minimum atomic E-state index is -0.376. The summed E-state index contributed by atoms with van der Waals surface area (Å²) in [4.78, 5) is 12.9. The van der Waals surface area contributed by atoms with Crippen LogP contribution < -0.4 is 4.90 Å². The minimum Gasteiger partial charge on any atom is -0.369 e. The van der Waals surface area contributed by atoms with Gasteiger partial charge in [0.15, 0.2) is 0 Å². The van der Waals surface area contributed by atoms with Crippen LogP contribution in [0.2, 0.25) is 0 Å². The Hall–Kier alpha value is -2.52. The van der Waals surface area contributed by atoms with E-state index in [9.17, 15) is 9.65 Å². The summed E-state index contributed by atoms with van der Waals surface area (Å²) < 4.78 is 13.3. The molecule has 3 rings (SSSR count). The van der Waals surface area contributed by atoms with Crippen molar-refractivity contribution in [1.82, 2.24) is 14.9 Å². The molecule has 1 aromatic carbocycles. The van der Waals surface area contributed by atoms with Crippen LogP contribution in [0.25, 0.3) is 0 Å². The minimum absolute atomic E-state index is 0.357. The quantitative estimate of drug-likeness (QED) is 0.866. The largest absolute Gasteiger partial charge is 0.369 e. The number of hydrogen-bond acceptors (Lipinski definition) is 5. The lowest BCUT2D eigenvalue weighted by Gasteiger charge is -2.25. The molecule has 0 saturated carbocycles. The van der Waals surface area contributed by atoms with Crippen molar-refractivity contribution in [3.8, 4) is 6.07 Å². The zero-order valence-electron chi connectivity index (χ0n) is 13.0. The molecule has 2 heterocycles. The molecule has 0 spiro atoms. The highest BCUT2D eigenvalue weighted by Gasteiger charge is 2.27. The molecule has 0 N–H and O–H groups in total. The molecule has 5 nitrogen and oxygen atoms in total. The Bertz CT molecular complexity index is 713. The van der Waals surface area contributed by atoms with Crippen LogP contribution in [0.4, 0.5) is 10.1 Å². The fourth-order valence-electron chi connectivity index (χ4n) is 2.96. The van der Waals surface area contributed by atoms with Crippen LogP contribution in [0.5, 0.6) is 0 Å². The Labute approximate surface area is 135 Å². The molecule has 1 aromatic heterocycles. The smallest absolute Gasteiger partial charge is 0.142 e. The van der Waals surface area contributed by atoms with Crippen molar-refractivity contribution < 1.29 is 4.39 Å². The third kappa shape index (κ3) is 3.46. The number of aromatic nitrogens is 2. The van der Waals surface area contributed by atoms with Gasteiger partial charge in [0.1, 0.15) is 17.7 Å². The highest BCUT2D eigenvalue weighted by molar-refractivity contribution is 5.60. The van der Waals surface area contributed by atoms with Crippen LogP contribution in [-0.4, -0.2) is 41.0 Å². The third-order valence-corrected chi connectivity index (χ3v) is 4.22. The molecule has 1 aliphatic rings. The van der Waals surface area contributed by atoms with Crippen molar-refractivity contribution in [2.45, 2.75) is 19.0 Å². The Balaban J connectivity index is 1.68. The maximum atomic E-state index is 13.3. The first-order valence-electron chi connectivity index (χ1n) is 7.58. The second kappa shape index (κ2) is 6.71. The van der Waals surface area contributed by atoms with E-state index in [0.29, 0.717) is 18.2 Å². The van der Waals surface area contributed by atoms with Gasteiger partial charge in [-0.05, 0) is 37.7 Å². The van der Waals surface area contributed by atoms with Gasteiger partial charge in [0, 0.05) is 31.5 Å². The van der Waals surface area contributed by atoms with Gasteiger partial charge >= 0.3 is 0 Å². The van der Waals surface area contributed by atoms with Crippen molar-refractivity contribution in [2.75, 3.05) is 25.0 Å². The summed E-state index contributed by atoms with van der Waals surface area (Å²) in [5.74, 6) is 0.423. The number of hydrogen-bond donors (Lipinski definition) is 0. The Kier molecular flexibility index (Phi) is 4.49. The maximum Gasteiger partial charge on any atom is 0.142 e. The Morgan fingerprint density at radius 2 is 2.17 bits per heavy atom. The van der Waals surface area contributed by atoms with Gasteiger partial charge in [0.05, 0.1) is 17.8 Å². The van der Waals surface area contributed by atoms with E-state index in [1.807, 2.05) is 0 Å². The van der Waals surface area contributed by atoms with Gasteiger partial charge in [-0.15, -0.1) is 0 Å². The fraction of sp³-hybridized carbons (Fsp3) is 0.353. The maximum absolute atomic E-state index is 13.3. The molecule has 0 radical (unpaired) electrons. The van der Waals surface area contributed by atoms with Gasteiger partial charge in [-0.1, -0.05) is 0 Å². The summed E-state index contributed by atoms with van der Waals surface area (Å²) in [5, 5.41) is 9.20. The third-order valence-electron chi connectivity index (χ3n) is 4.22. The summed E-state index contributed by atoms with van der Waals surface area (Å²) in [6.07, 6.45) is 4.48. The van der Waals surface area contributed by atoms with E-state index >= 15 is 0 Å². The van der Waals surface area contributed by atoms with Crippen molar-refractivity contribution in [1.29, 1.82) is 5.26 Å². The second-order valence-electron chi connectivity index (χ2n) is 5.74. The number of anilines is 1. The summed E-state index contributed by atoms with van der Waals surface area (Å²) >= 11 is 0. The first kappa shape index (κ1) is 15.4. The summed E-state index contributed by atoms with van der Waals surface area (Å²) in [6.45, 7) is 2.35. The van der Waals surface area contributed by atoms with Gasteiger partial charge in [-0.2, -0.15) is 5.26 Å². The molecule has 118 valence electrons. The molecule has 1 aliphatic heterocycles. The fourth-order valence-corrected chi connectivity index (χ4v) is 2.96. The van der Waals surface area contributed by atoms with Crippen LogP contribution in [0.1, 0.15) is 17.8 Å². The highest BCUT2D eigenvalue weighted by Crippen LogP contribution is 2.26. The monoisotopic (exact) mass is 311 g/mol. The van der Waals surface area contributed by atoms with Crippen LogP contribution >= 0.6 is 0 Å². The van der Waals surface area contributed by atoms with E-state index in [1.165, 1.54) is 12.1 Å². The lowest BCUT2D eigenvalue weighted by Crippen LogP contribution is -2.34. The lowest BCUT2D eigenvalue weighted by molar-refractivity contribution is 0.244. The van der Waals surface area contributed by atoms with Crippen molar-refractivity contribution >= 4 is 5.69 Å². The number of benzene rings is 1. The summed E-state index contributed by atoms with van der Waals surface area (Å²) in [7, 11) is 2.06. The average molecular weight is 311 g/mol. The molecule has 1 fully saturated rings. The molecule has 0 aliphatic carbocycles. The van der Waals surface area contributed by atoms with Crippen molar-refractivity contribution in [2.24, 2.45) is 0 Å². The number of nitriles is 1. The highest BCUT2D eigenvalue weighted by atomic mass is 19.1. The van der Waals surface area contributed by atoms with Gasteiger partial charge in [0.2, 0.25) is 0 Å². The molecule has 1 atom stereocenters. The normalized spacial score (nSPS) is 17.5. The Morgan fingerprint density at radius 3 is 2.91 bits per heavy atom. The zero-order valence-corrected chi connectivity index (χ0v) is 13.0. The van der Waals surface area contributed by atoms with E-state index < -0.39 is 0 Å². The van der Waals surface area contributed by atoms with E-state index in [0.717, 1.165) is 31.0 Å². The number of nitrogens with zero attached hydrogens (tertiary/aromatic N) is 5. The number of likely N-dealkylation sites (N-methyl/N-ethyl adjacent to an activating group) is 1. The molecule has 6 heteroatoms. The van der Waals surface area contributed by atoms with Crippen molar-refractivity contribution in [3.63, 3.8) is 0 Å². The van der Waals surface area contributed by atoms with Gasteiger partial charge in [0.25, 0.3) is 0 Å². The van der Waals surface area contributed by atoms with Crippen LogP contribution in [0.15, 0.2) is 36.7 Å². The molecular formula is C17H18FN5. The molecule has 0 unspecified atom stereocenters. The first-order valence-corrected chi connectivity index (χ1v) is 7.58. The predicted octanol–water partition coefficient (Wildman–Crippen LogP) is 2.20. The van der Waals surface area contributed by atoms with Gasteiger partial charge in [-0.3, -0.25) is 4.90 Å². The predicted molar refractivity (Wildman–Crippen MR) is 85.2 cm³/mol.